The predicted molar refractivity (Wildman–Crippen MR) is 114 cm³/mol. The van der Waals surface area contributed by atoms with Crippen molar-refractivity contribution in [2.24, 2.45) is 5.92 Å². The second kappa shape index (κ2) is 10.1. The number of aromatic nitrogens is 3. The van der Waals surface area contributed by atoms with Crippen molar-refractivity contribution >= 4 is 17.8 Å². The van der Waals surface area contributed by atoms with Crippen LogP contribution in [0.25, 0.3) is 0 Å². The molecule has 1 saturated carbocycles. The zero-order chi connectivity index (χ0) is 22.4. The lowest BCUT2D eigenvalue weighted by Gasteiger charge is -2.16. The van der Waals surface area contributed by atoms with Gasteiger partial charge in [0.15, 0.2) is 5.82 Å². The van der Waals surface area contributed by atoms with Crippen molar-refractivity contribution in [3.63, 3.8) is 0 Å². The highest BCUT2D eigenvalue weighted by molar-refractivity contribution is 5.91. The quantitative estimate of drug-likeness (QED) is 0.479. The van der Waals surface area contributed by atoms with Gasteiger partial charge < -0.3 is 25.2 Å². The SMILES string of the molecule is COc1cc(CC(=O)Nc2cc(C3CCC(CC(C)NC(=O)O)C3)[nH]n2)c(OC)cn1. The molecule has 3 atom stereocenters. The van der Waals surface area contributed by atoms with Crippen molar-refractivity contribution in [1.29, 1.82) is 0 Å². The van der Waals surface area contributed by atoms with Gasteiger partial charge in [0, 0.05) is 35.3 Å². The third-order valence-electron chi connectivity index (χ3n) is 5.61. The summed E-state index contributed by atoms with van der Waals surface area (Å²) >= 11 is 0. The highest BCUT2D eigenvalue weighted by Crippen LogP contribution is 2.40. The van der Waals surface area contributed by atoms with E-state index in [1.807, 2.05) is 13.0 Å². The third kappa shape index (κ3) is 6.09. The number of nitrogens with zero attached hydrogens (tertiary/aromatic N) is 2. The van der Waals surface area contributed by atoms with E-state index in [0.29, 0.717) is 34.8 Å². The fourth-order valence-electron chi connectivity index (χ4n) is 4.21. The Labute approximate surface area is 180 Å². The molecular formula is C21H29N5O5. The Morgan fingerprint density at radius 1 is 1.29 bits per heavy atom. The van der Waals surface area contributed by atoms with E-state index in [4.69, 9.17) is 14.6 Å². The number of methoxy groups -OCH3 is 2. The van der Waals surface area contributed by atoms with Crippen molar-refractivity contribution in [1.82, 2.24) is 20.5 Å². The number of carboxylic acid groups (broad SMARTS) is 1. The summed E-state index contributed by atoms with van der Waals surface area (Å²) < 4.78 is 10.4. The second-order valence-corrected chi connectivity index (χ2v) is 7.93. The minimum absolute atomic E-state index is 0.0679. The van der Waals surface area contributed by atoms with Gasteiger partial charge in [-0.05, 0) is 38.5 Å². The lowest BCUT2D eigenvalue weighted by molar-refractivity contribution is -0.115. The molecule has 0 aliphatic heterocycles. The van der Waals surface area contributed by atoms with Crippen molar-refractivity contribution in [2.75, 3.05) is 19.5 Å². The highest BCUT2D eigenvalue weighted by Gasteiger charge is 2.28. The zero-order valence-electron chi connectivity index (χ0n) is 18.0. The molecule has 168 valence electrons. The largest absolute Gasteiger partial charge is 0.495 e. The Kier molecular flexibility index (Phi) is 7.32. The van der Waals surface area contributed by atoms with Crippen molar-refractivity contribution < 1.29 is 24.2 Å². The average Bonchev–Trinajstić information content (AvgIpc) is 3.36. The number of carbonyl (C=O) groups is 2. The van der Waals surface area contributed by atoms with Crippen LogP contribution in [0.15, 0.2) is 18.3 Å². The normalized spacial score (nSPS) is 18.9. The Bertz CT molecular complexity index is 915. The van der Waals surface area contributed by atoms with E-state index in [0.717, 1.165) is 31.4 Å². The first-order chi connectivity index (χ1) is 14.9. The van der Waals surface area contributed by atoms with Gasteiger partial charge in [0.2, 0.25) is 11.8 Å². The minimum Gasteiger partial charge on any atom is -0.495 e. The Morgan fingerprint density at radius 3 is 2.81 bits per heavy atom. The van der Waals surface area contributed by atoms with E-state index >= 15 is 0 Å². The number of ether oxygens (including phenoxy) is 2. The summed E-state index contributed by atoms with van der Waals surface area (Å²) in [6, 6.07) is 3.48. The van der Waals surface area contributed by atoms with E-state index in [1.54, 1.807) is 6.07 Å². The summed E-state index contributed by atoms with van der Waals surface area (Å²) in [6.07, 6.45) is 4.47. The molecular weight excluding hydrogens is 402 g/mol. The van der Waals surface area contributed by atoms with Crippen LogP contribution in [0.3, 0.4) is 0 Å². The van der Waals surface area contributed by atoms with Crippen LogP contribution in [0, 0.1) is 5.92 Å². The van der Waals surface area contributed by atoms with Gasteiger partial charge in [0.1, 0.15) is 5.75 Å². The van der Waals surface area contributed by atoms with Crippen LogP contribution in [0.5, 0.6) is 11.6 Å². The number of hydrogen-bond donors (Lipinski definition) is 4. The molecule has 1 aliphatic carbocycles. The van der Waals surface area contributed by atoms with Crippen LogP contribution in [-0.2, 0) is 11.2 Å². The molecule has 1 fully saturated rings. The summed E-state index contributed by atoms with van der Waals surface area (Å²) in [6.45, 7) is 1.89. The van der Waals surface area contributed by atoms with Gasteiger partial charge in [-0.2, -0.15) is 5.10 Å². The number of pyridine rings is 1. The van der Waals surface area contributed by atoms with E-state index in [-0.39, 0.29) is 18.4 Å². The Hall–Kier alpha value is -3.30. The van der Waals surface area contributed by atoms with Gasteiger partial charge in [0.05, 0.1) is 26.8 Å². The standard InChI is InChI=1S/C21H29N5O5/c1-12(23-21(28)29)6-13-4-5-14(7-13)16-10-18(26-25-16)24-19(27)8-15-9-20(31-3)22-11-17(15)30-2/h9-14,23H,4-8H2,1-3H3,(H,28,29)(H2,24,25,26,27). The highest BCUT2D eigenvalue weighted by atomic mass is 16.5. The summed E-state index contributed by atoms with van der Waals surface area (Å²) in [5.41, 5.74) is 1.66. The molecule has 0 spiro atoms. The monoisotopic (exact) mass is 431 g/mol. The number of hydrogen-bond acceptors (Lipinski definition) is 6. The van der Waals surface area contributed by atoms with Crippen molar-refractivity contribution in [2.45, 2.75) is 51.0 Å². The molecule has 2 amide bonds. The Morgan fingerprint density at radius 2 is 2.10 bits per heavy atom. The van der Waals surface area contributed by atoms with Gasteiger partial charge in [-0.15, -0.1) is 0 Å². The van der Waals surface area contributed by atoms with Gasteiger partial charge in [-0.1, -0.05) is 0 Å². The van der Waals surface area contributed by atoms with Crippen LogP contribution in [0.4, 0.5) is 10.6 Å². The maximum Gasteiger partial charge on any atom is 0.404 e. The van der Waals surface area contributed by atoms with E-state index in [1.165, 1.54) is 20.4 Å². The second-order valence-electron chi connectivity index (χ2n) is 7.93. The number of H-pyrrole nitrogens is 1. The van der Waals surface area contributed by atoms with Gasteiger partial charge >= 0.3 is 6.09 Å². The topological polar surface area (TPSA) is 138 Å². The fourth-order valence-corrected chi connectivity index (χ4v) is 4.21. The molecule has 10 heteroatoms. The van der Waals surface area contributed by atoms with Gasteiger partial charge in [-0.3, -0.25) is 9.89 Å². The molecule has 0 radical (unpaired) electrons. The van der Waals surface area contributed by atoms with Crippen LogP contribution in [0.1, 0.15) is 49.8 Å². The first-order valence-electron chi connectivity index (χ1n) is 10.3. The predicted octanol–water partition coefficient (Wildman–Crippen LogP) is 2.93. The number of anilines is 1. The molecule has 3 unspecified atom stereocenters. The summed E-state index contributed by atoms with van der Waals surface area (Å²) in [4.78, 5) is 27.3. The number of rotatable bonds is 9. The van der Waals surface area contributed by atoms with Crippen LogP contribution >= 0.6 is 0 Å². The molecule has 2 aromatic heterocycles. The summed E-state index contributed by atoms with van der Waals surface area (Å²) in [5, 5.41) is 21.4. The Balaban J connectivity index is 1.54. The molecule has 2 aromatic rings. The minimum atomic E-state index is -0.987. The maximum atomic E-state index is 12.5. The first kappa shape index (κ1) is 22.4. The van der Waals surface area contributed by atoms with Crippen molar-refractivity contribution in [3.05, 3.63) is 29.6 Å². The number of carbonyl (C=O) groups excluding carboxylic acids is 1. The lowest BCUT2D eigenvalue weighted by Crippen LogP contribution is -2.32. The lowest BCUT2D eigenvalue weighted by atomic mass is 9.96. The fraction of sp³-hybridized carbons (Fsp3) is 0.524. The van der Waals surface area contributed by atoms with E-state index in [2.05, 4.69) is 25.8 Å². The first-order valence-corrected chi connectivity index (χ1v) is 10.3. The van der Waals surface area contributed by atoms with Crippen LogP contribution < -0.4 is 20.1 Å². The number of nitrogens with one attached hydrogen (secondary N) is 3. The van der Waals surface area contributed by atoms with E-state index in [9.17, 15) is 9.59 Å². The maximum absolute atomic E-state index is 12.5. The molecule has 0 aromatic carbocycles. The molecule has 2 heterocycles. The van der Waals surface area contributed by atoms with E-state index < -0.39 is 6.09 Å². The molecule has 3 rings (SSSR count). The molecule has 0 saturated heterocycles. The summed E-state index contributed by atoms with van der Waals surface area (Å²) in [7, 11) is 3.04. The molecule has 10 nitrogen and oxygen atoms in total. The van der Waals surface area contributed by atoms with Crippen molar-refractivity contribution in [3.8, 4) is 11.6 Å². The van der Waals surface area contributed by atoms with Crippen LogP contribution in [-0.4, -0.2) is 52.5 Å². The molecule has 1 aliphatic rings. The third-order valence-corrected chi connectivity index (χ3v) is 5.61. The summed E-state index contributed by atoms with van der Waals surface area (Å²) in [5.74, 6) is 1.97. The number of amides is 2. The van der Waals surface area contributed by atoms with Gasteiger partial charge in [0.25, 0.3) is 0 Å². The zero-order valence-corrected chi connectivity index (χ0v) is 18.0. The molecule has 0 bridgehead atoms. The number of aromatic amines is 1. The van der Waals surface area contributed by atoms with Crippen LogP contribution in [0.2, 0.25) is 0 Å². The molecule has 31 heavy (non-hydrogen) atoms. The van der Waals surface area contributed by atoms with Gasteiger partial charge in [-0.25, -0.2) is 9.78 Å². The average molecular weight is 431 g/mol. The molecule has 4 N–H and O–H groups in total. The smallest absolute Gasteiger partial charge is 0.404 e.